The Bertz CT molecular complexity index is 521. The SMILES string of the molecule is N#CCN1CCN(C(=O)c2ccc(Br)cc2F)CC1. The zero-order valence-electron chi connectivity index (χ0n) is 10.3. The van der Waals surface area contributed by atoms with E-state index < -0.39 is 5.82 Å². The largest absolute Gasteiger partial charge is 0.336 e. The molecule has 19 heavy (non-hydrogen) atoms. The highest BCUT2D eigenvalue weighted by Gasteiger charge is 2.23. The van der Waals surface area contributed by atoms with E-state index in [2.05, 4.69) is 22.0 Å². The van der Waals surface area contributed by atoms with Crippen molar-refractivity contribution in [2.45, 2.75) is 0 Å². The van der Waals surface area contributed by atoms with Gasteiger partial charge in [0.1, 0.15) is 5.82 Å². The summed E-state index contributed by atoms with van der Waals surface area (Å²) in [5.74, 6) is -0.805. The molecule has 0 spiro atoms. The molecule has 2 rings (SSSR count). The van der Waals surface area contributed by atoms with Crippen LogP contribution in [0.1, 0.15) is 10.4 Å². The summed E-state index contributed by atoms with van der Waals surface area (Å²) < 4.78 is 14.3. The zero-order valence-corrected chi connectivity index (χ0v) is 11.9. The maximum atomic E-state index is 13.7. The number of nitriles is 1. The first-order chi connectivity index (χ1) is 9.11. The summed E-state index contributed by atoms with van der Waals surface area (Å²) in [5, 5.41) is 8.61. The number of benzene rings is 1. The van der Waals surface area contributed by atoms with E-state index in [0.29, 0.717) is 37.2 Å². The number of carbonyl (C=O) groups is 1. The summed E-state index contributed by atoms with van der Waals surface area (Å²) in [5.41, 5.74) is 0.0944. The van der Waals surface area contributed by atoms with Gasteiger partial charge < -0.3 is 4.90 Å². The van der Waals surface area contributed by atoms with Crippen LogP contribution in [0.3, 0.4) is 0 Å². The van der Waals surface area contributed by atoms with Crippen molar-refractivity contribution < 1.29 is 9.18 Å². The molecule has 1 aromatic carbocycles. The van der Waals surface area contributed by atoms with Crippen LogP contribution in [0.5, 0.6) is 0 Å². The van der Waals surface area contributed by atoms with E-state index in [1.165, 1.54) is 12.1 Å². The summed E-state index contributed by atoms with van der Waals surface area (Å²) in [6.45, 7) is 2.72. The van der Waals surface area contributed by atoms with E-state index in [-0.39, 0.29) is 11.5 Å². The second kappa shape index (κ2) is 6.13. The lowest BCUT2D eigenvalue weighted by Gasteiger charge is -2.33. The van der Waals surface area contributed by atoms with Crippen molar-refractivity contribution in [2.24, 2.45) is 0 Å². The molecule has 0 N–H and O–H groups in total. The lowest BCUT2D eigenvalue weighted by Crippen LogP contribution is -2.48. The number of hydrogen-bond donors (Lipinski definition) is 0. The molecule has 4 nitrogen and oxygen atoms in total. The molecule has 1 aliphatic rings. The molecular formula is C13H13BrFN3O. The lowest BCUT2D eigenvalue weighted by molar-refractivity contribution is 0.0647. The van der Waals surface area contributed by atoms with Crippen LogP contribution in [0.25, 0.3) is 0 Å². The van der Waals surface area contributed by atoms with Crippen LogP contribution in [0.2, 0.25) is 0 Å². The highest BCUT2D eigenvalue weighted by atomic mass is 79.9. The van der Waals surface area contributed by atoms with Crippen molar-refractivity contribution in [3.63, 3.8) is 0 Å². The van der Waals surface area contributed by atoms with Gasteiger partial charge in [-0.2, -0.15) is 5.26 Å². The van der Waals surface area contributed by atoms with Gasteiger partial charge in [0.15, 0.2) is 0 Å². The highest BCUT2D eigenvalue weighted by molar-refractivity contribution is 9.10. The molecule has 1 amide bonds. The van der Waals surface area contributed by atoms with Gasteiger partial charge in [0, 0.05) is 30.7 Å². The third-order valence-corrected chi connectivity index (χ3v) is 3.61. The predicted octanol–water partition coefficient (Wildman–Crippen LogP) is 1.87. The number of halogens is 2. The van der Waals surface area contributed by atoms with Crippen LogP contribution in [0.15, 0.2) is 22.7 Å². The molecule has 0 saturated carbocycles. The van der Waals surface area contributed by atoms with Gasteiger partial charge in [-0.1, -0.05) is 15.9 Å². The molecule has 0 aromatic heterocycles. The van der Waals surface area contributed by atoms with Crippen LogP contribution >= 0.6 is 15.9 Å². The van der Waals surface area contributed by atoms with Crippen LogP contribution in [-0.4, -0.2) is 48.4 Å². The third-order valence-electron chi connectivity index (χ3n) is 3.12. The Kier molecular flexibility index (Phi) is 4.51. The smallest absolute Gasteiger partial charge is 0.256 e. The Labute approximate surface area is 119 Å². The van der Waals surface area contributed by atoms with E-state index in [0.717, 1.165) is 0 Å². The molecule has 0 radical (unpaired) electrons. The number of piperazine rings is 1. The van der Waals surface area contributed by atoms with E-state index in [1.807, 2.05) is 4.90 Å². The number of carbonyl (C=O) groups excluding carboxylic acids is 1. The third kappa shape index (κ3) is 3.31. The maximum Gasteiger partial charge on any atom is 0.256 e. The molecule has 6 heteroatoms. The van der Waals surface area contributed by atoms with Gasteiger partial charge in [-0.05, 0) is 18.2 Å². The molecule has 100 valence electrons. The van der Waals surface area contributed by atoms with Gasteiger partial charge in [-0.3, -0.25) is 9.69 Å². The molecule has 1 aliphatic heterocycles. The predicted molar refractivity (Wildman–Crippen MR) is 72.1 cm³/mol. The van der Waals surface area contributed by atoms with E-state index >= 15 is 0 Å². The van der Waals surface area contributed by atoms with Crippen molar-refractivity contribution in [1.82, 2.24) is 9.80 Å². The van der Waals surface area contributed by atoms with Crippen LogP contribution in [-0.2, 0) is 0 Å². The topological polar surface area (TPSA) is 47.3 Å². The quantitative estimate of drug-likeness (QED) is 0.780. The fourth-order valence-corrected chi connectivity index (χ4v) is 2.38. The van der Waals surface area contributed by atoms with Gasteiger partial charge in [0.2, 0.25) is 0 Å². The minimum atomic E-state index is -0.515. The summed E-state index contributed by atoms with van der Waals surface area (Å²) in [6, 6.07) is 6.52. The minimum absolute atomic E-state index is 0.0944. The zero-order chi connectivity index (χ0) is 13.8. The molecule has 1 fully saturated rings. The van der Waals surface area contributed by atoms with Crippen molar-refractivity contribution >= 4 is 21.8 Å². The standard InChI is InChI=1S/C13H13BrFN3O/c14-10-1-2-11(12(15)9-10)13(19)18-7-5-17(4-3-16)6-8-18/h1-2,9H,4-8H2. The summed E-state index contributed by atoms with van der Waals surface area (Å²) >= 11 is 3.16. The average Bonchev–Trinajstić information content (AvgIpc) is 2.39. The lowest BCUT2D eigenvalue weighted by atomic mass is 10.1. The molecular weight excluding hydrogens is 313 g/mol. The number of rotatable bonds is 2. The number of amides is 1. The molecule has 0 atom stereocenters. The summed E-state index contributed by atoms with van der Waals surface area (Å²) in [4.78, 5) is 15.8. The second-order valence-electron chi connectivity index (χ2n) is 4.35. The molecule has 0 bridgehead atoms. The Morgan fingerprint density at radius 2 is 2.05 bits per heavy atom. The summed E-state index contributed by atoms with van der Waals surface area (Å²) in [7, 11) is 0. The molecule has 1 saturated heterocycles. The van der Waals surface area contributed by atoms with Crippen molar-refractivity contribution in [2.75, 3.05) is 32.7 Å². The molecule has 1 heterocycles. The maximum absolute atomic E-state index is 13.7. The van der Waals surface area contributed by atoms with Crippen molar-refractivity contribution in [3.05, 3.63) is 34.1 Å². The summed E-state index contributed by atoms with van der Waals surface area (Å²) in [6.07, 6.45) is 0. The Morgan fingerprint density at radius 1 is 1.37 bits per heavy atom. The van der Waals surface area contributed by atoms with Gasteiger partial charge in [0.25, 0.3) is 5.91 Å². The average molecular weight is 326 g/mol. The van der Waals surface area contributed by atoms with Crippen LogP contribution in [0, 0.1) is 17.1 Å². The molecule has 0 unspecified atom stereocenters. The van der Waals surface area contributed by atoms with Gasteiger partial charge in [-0.25, -0.2) is 4.39 Å². The first-order valence-corrected chi connectivity index (χ1v) is 6.75. The minimum Gasteiger partial charge on any atom is -0.336 e. The van der Waals surface area contributed by atoms with Crippen LogP contribution in [0.4, 0.5) is 4.39 Å². The van der Waals surface area contributed by atoms with Crippen molar-refractivity contribution in [1.29, 1.82) is 5.26 Å². The van der Waals surface area contributed by atoms with Crippen molar-refractivity contribution in [3.8, 4) is 6.07 Å². The number of hydrogen-bond acceptors (Lipinski definition) is 3. The van der Waals surface area contributed by atoms with E-state index in [9.17, 15) is 9.18 Å². The highest BCUT2D eigenvalue weighted by Crippen LogP contribution is 2.17. The monoisotopic (exact) mass is 325 g/mol. The number of nitrogens with zero attached hydrogens (tertiary/aromatic N) is 3. The van der Waals surface area contributed by atoms with Gasteiger partial charge in [-0.15, -0.1) is 0 Å². The molecule has 1 aromatic rings. The van der Waals surface area contributed by atoms with Crippen LogP contribution < -0.4 is 0 Å². The normalized spacial score (nSPS) is 16.2. The Balaban J connectivity index is 2.03. The second-order valence-corrected chi connectivity index (χ2v) is 5.27. The van der Waals surface area contributed by atoms with E-state index in [4.69, 9.17) is 5.26 Å². The first-order valence-electron chi connectivity index (χ1n) is 5.95. The van der Waals surface area contributed by atoms with E-state index in [1.54, 1.807) is 11.0 Å². The Hall–Kier alpha value is -1.45. The Morgan fingerprint density at radius 3 is 2.63 bits per heavy atom. The fourth-order valence-electron chi connectivity index (χ4n) is 2.04. The van der Waals surface area contributed by atoms with Gasteiger partial charge in [0.05, 0.1) is 18.2 Å². The first kappa shape index (κ1) is 14.0. The fraction of sp³-hybridized carbons (Fsp3) is 0.385. The van der Waals surface area contributed by atoms with Gasteiger partial charge >= 0.3 is 0 Å². The molecule has 0 aliphatic carbocycles.